The zero-order valence-corrected chi connectivity index (χ0v) is 16.0. The van der Waals surface area contributed by atoms with Gasteiger partial charge in [-0.05, 0) is 52.5 Å². The molecule has 0 bridgehead atoms. The molecular formula is C19H32N4O2. The number of pyridine rings is 1. The molecule has 1 heterocycles. The highest BCUT2D eigenvalue weighted by Gasteiger charge is 2.19. The number of nitrogens with zero attached hydrogens (tertiary/aromatic N) is 2. The Balaban J connectivity index is 2.01. The second-order valence-corrected chi connectivity index (χ2v) is 7.00. The van der Waals surface area contributed by atoms with Crippen LogP contribution in [-0.4, -0.2) is 42.8 Å². The molecule has 0 aromatic carbocycles. The topological polar surface area (TPSA) is 67.8 Å². The zero-order valence-electron chi connectivity index (χ0n) is 16.0. The summed E-state index contributed by atoms with van der Waals surface area (Å²) in [4.78, 5) is 9.09. The van der Waals surface area contributed by atoms with Crippen molar-refractivity contribution in [2.45, 2.75) is 64.7 Å². The van der Waals surface area contributed by atoms with E-state index in [-0.39, 0.29) is 5.60 Å². The van der Waals surface area contributed by atoms with Crippen LogP contribution in [-0.2, 0) is 11.3 Å². The summed E-state index contributed by atoms with van der Waals surface area (Å²) in [6.07, 6.45) is 6.81. The third-order valence-electron chi connectivity index (χ3n) is 4.42. The van der Waals surface area contributed by atoms with Gasteiger partial charge in [0, 0.05) is 32.0 Å². The molecular weight excluding hydrogens is 316 g/mol. The molecule has 0 atom stereocenters. The second-order valence-electron chi connectivity index (χ2n) is 7.00. The van der Waals surface area contributed by atoms with Crippen molar-refractivity contribution >= 4 is 5.96 Å². The average molecular weight is 348 g/mol. The summed E-state index contributed by atoms with van der Waals surface area (Å²) in [5.41, 5.74) is 0.763. The van der Waals surface area contributed by atoms with Crippen LogP contribution in [0.15, 0.2) is 23.3 Å². The van der Waals surface area contributed by atoms with E-state index in [4.69, 9.17) is 9.47 Å². The summed E-state index contributed by atoms with van der Waals surface area (Å²) in [5.74, 6) is 1.48. The lowest BCUT2D eigenvalue weighted by Gasteiger charge is -2.24. The monoisotopic (exact) mass is 348 g/mol. The van der Waals surface area contributed by atoms with Gasteiger partial charge >= 0.3 is 0 Å². The maximum absolute atomic E-state index is 6.09. The van der Waals surface area contributed by atoms with E-state index in [2.05, 4.69) is 27.5 Å². The van der Waals surface area contributed by atoms with Crippen LogP contribution < -0.4 is 15.4 Å². The normalized spacial score (nSPS) is 16.1. The molecule has 0 spiro atoms. The molecule has 0 unspecified atom stereocenters. The summed E-state index contributed by atoms with van der Waals surface area (Å²) in [6, 6.07) is 3.96. The Morgan fingerprint density at radius 1 is 1.32 bits per heavy atom. The second kappa shape index (κ2) is 9.61. The maximum atomic E-state index is 6.09. The molecule has 0 aliphatic heterocycles. The predicted molar refractivity (Wildman–Crippen MR) is 101 cm³/mol. The number of hydrogen-bond acceptors (Lipinski definition) is 4. The van der Waals surface area contributed by atoms with Crippen LogP contribution >= 0.6 is 0 Å². The molecule has 0 amide bonds. The van der Waals surface area contributed by atoms with Crippen LogP contribution in [0.4, 0.5) is 0 Å². The molecule has 1 aromatic rings. The van der Waals surface area contributed by atoms with E-state index in [1.807, 2.05) is 26.0 Å². The van der Waals surface area contributed by atoms with Gasteiger partial charge in [-0.1, -0.05) is 6.07 Å². The number of aliphatic imine (C=N–C) groups is 1. The molecule has 1 saturated carbocycles. The fourth-order valence-corrected chi connectivity index (χ4v) is 2.69. The molecule has 1 aliphatic carbocycles. The van der Waals surface area contributed by atoms with Gasteiger partial charge in [-0.25, -0.2) is 9.98 Å². The molecule has 1 aliphatic rings. The van der Waals surface area contributed by atoms with Crippen LogP contribution in [0.25, 0.3) is 0 Å². The van der Waals surface area contributed by atoms with Crippen molar-refractivity contribution in [2.24, 2.45) is 4.99 Å². The van der Waals surface area contributed by atoms with Gasteiger partial charge in [-0.2, -0.15) is 0 Å². The van der Waals surface area contributed by atoms with Gasteiger partial charge in [-0.3, -0.25) is 0 Å². The standard InChI is InChI=1S/C19H32N4O2/c1-5-20-18(23-14-19(2,3)24-4)22-13-15-9-8-12-21-17(15)25-16-10-6-7-11-16/h8-9,12,16H,5-7,10-11,13-14H2,1-4H3,(H2,20,22,23). The van der Waals surface area contributed by atoms with Crippen molar-refractivity contribution in [3.63, 3.8) is 0 Å². The lowest BCUT2D eigenvalue weighted by Crippen LogP contribution is -2.45. The van der Waals surface area contributed by atoms with Crippen molar-refractivity contribution in [2.75, 3.05) is 20.2 Å². The molecule has 6 heteroatoms. The van der Waals surface area contributed by atoms with E-state index < -0.39 is 0 Å². The Kier molecular flexibility index (Phi) is 7.50. The SMILES string of the molecule is CCNC(=NCc1cccnc1OC1CCCC1)NCC(C)(C)OC. The molecule has 2 N–H and O–H groups in total. The van der Waals surface area contributed by atoms with E-state index in [1.54, 1.807) is 13.3 Å². The Hall–Kier alpha value is -1.82. The zero-order chi connectivity index (χ0) is 18.1. The van der Waals surface area contributed by atoms with Crippen molar-refractivity contribution in [3.8, 4) is 5.88 Å². The van der Waals surface area contributed by atoms with E-state index >= 15 is 0 Å². The number of methoxy groups -OCH3 is 1. The molecule has 0 radical (unpaired) electrons. The summed E-state index contributed by atoms with van der Waals surface area (Å²) in [6.45, 7) is 8.14. The predicted octanol–water partition coefficient (Wildman–Crippen LogP) is 2.88. The van der Waals surface area contributed by atoms with Crippen molar-refractivity contribution < 1.29 is 9.47 Å². The Bertz CT molecular complexity index is 554. The van der Waals surface area contributed by atoms with Crippen LogP contribution in [0.5, 0.6) is 5.88 Å². The number of hydrogen-bond donors (Lipinski definition) is 2. The first-order valence-corrected chi connectivity index (χ1v) is 9.22. The van der Waals surface area contributed by atoms with Crippen molar-refractivity contribution in [1.29, 1.82) is 0 Å². The molecule has 140 valence electrons. The maximum Gasteiger partial charge on any atom is 0.218 e. The first kappa shape index (κ1) is 19.5. The summed E-state index contributed by atoms with van der Waals surface area (Å²) in [7, 11) is 1.72. The molecule has 25 heavy (non-hydrogen) atoms. The first-order valence-electron chi connectivity index (χ1n) is 9.22. The van der Waals surface area contributed by atoms with Gasteiger partial charge in [0.15, 0.2) is 5.96 Å². The lowest BCUT2D eigenvalue weighted by atomic mass is 10.1. The van der Waals surface area contributed by atoms with Gasteiger partial charge in [-0.15, -0.1) is 0 Å². The molecule has 1 aromatic heterocycles. The minimum atomic E-state index is -0.249. The van der Waals surface area contributed by atoms with Crippen LogP contribution in [0.2, 0.25) is 0 Å². The Labute approximate surface area is 151 Å². The van der Waals surface area contributed by atoms with E-state index in [0.717, 1.165) is 30.9 Å². The van der Waals surface area contributed by atoms with Gasteiger partial charge in [0.1, 0.15) is 6.10 Å². The third kappa shape index (κ3) is 6.53. The fourth-order valence-electron chi connectivity index (χ4n) is 2.69. The highest BCUT2D eigenvalue weighted by atomic mass is 16.5. The summed E-state index contributed by atoms with van der Waals surface area (Å²) >= 11 is 0. The number of nitrogens with one attached hydrogen (secondary N) is 2. The van der Waals surface area contributed by atoms with E-state index in [1.165, 1.54) is 12.8 Å². The number of guanidine groups is 1. The number of rotatable bonds is 8. The number of ether oxygens (including phenoxy) is 2. The largest absolute Gasteiger partial charge is 0.474 e. The van der Waals surface area contributed by atoms with Gasteiger partial charge in [0.2, 0.25) is 5.88 Å². The first-order chi connectivity index (χ1) is 12.0. The minimum Gasteiger partial charge on any atom is -0.474 e. The van der Waals surface area contributed by atoms with Crippen LogP contribution in [0.1, 0.15) is 52.0 Å². The quantitative estimate of drug-likeness (QED) is 0.558. The van der Waals surface area contributed by atoms with Crippen molar-refractivity contribution in [3.05, 3.63) is 23.9 Å². The van der Waals surface area contributed by atoms with Gasteiger partial charge in [0.25, 0.3) is 0 Å². The molecule has 2 rings (SSSR count). The average Bonchev–Trinajstić information content (AvgIpc) is 3.11. The minimum absolute atomic E-state index is 0.249. The molecule has 6 nitrogen and oxygen atoms in total. The number of aromatic nitrogens is 1. The smallest absolute Gasteiger partial charge is 0.218 e. The Morgan fingerprint density at radius 3 is 2.76 bits per heavy atom. The van der Waals surface area contributed by atoms with Gasteiger partial charge < -0.3 is 20.1 Å². The highest BCUT2D eigenvalue weighted by molar-refractivity contribution is 5.79. The summed E-state index contributed by atoms with van der Waals surface area (Å²) < 4.78 is 11.5. The van der Waals surface area contributed by atoms with Crippen molar-refractivity contribution in [1.82, 2.24) is 15.6 Å². The molecule has 0 saturated heterocycles. The van der Waals surface area contributed by atoms with E-state index in [0.29, 0.717) is 25.1 Å². The van der Waals surface area contributed by atoms with Gasteiger partial charge in [0.05, 0.1) is 12.1 Å². The Morgan fingerprint density at radius 2 is 2.08 bits per heavy atom. The van der Waals surface area contributed by atoms with Crippen LogP contribution in [0.3, 0.4) is 0 Å². The summed E-state index contributed by atoms with van der Waals surface area (Å²) in [5, 5.41) is 6.59. The van der Waals surface area contributed by atoms with E-state index in [9.17, 15) is 0 Å². The highest BCUT2D eigenvalue weighted by Crippen LogP contribution is 2.25. The van der Waals surface area contributed by atoms with Crippen LogP contribution in [0, 0.1) is 0 Å². The molecule has 1 fully saturated rings. The fraction of sp³-hybridized carbons (Fsp3) is 0.684. The lowest BCUT2D eigenvalue weighted by molar-refractivity contribution is 0.0268. The third-order valence-corrected chi connectivity index (χ3v) is 4.42.